The van der Waals surface area contributed by atoms with Crippen LogP contribution in [0.15, 0.2) is 35.5 Å². The second-order valence-corrected chi connectivity index (χ2v) is 8.41. The van der Waals surface area contributed by atoms with Gasteiger partial charge in [0.1, 0.15) is 0 Å². The fourth-order valence-corrected chi connectivity index (χ4v) is 4.24. The van der Waals surface area contributed by atoms with Gasteiger partial charge in [-0.05, 0) is 30.9 Å². The number of aromatic nitrogens is 1. The maximum absolute atomic E-state index is 14.2. The summed E-state index contributed by atoms with van der Waals surface area (Å²) in [6.45, 7) is 0. The molecule has 0 saturated heterocycles. The molecule has 1 saturated carbocycles. The van der Waals surface area contributed by atoms with Crippen LogP contribution in [0.5, 0.6) is 5.75 Å². The van der Waals surface area contributed by atoms with Gasteiger partial charge >= 0.3 is 0 Å². The molecular weight excluding hydrogens is 404 g/mol. The van der Waals surface area contributed by atoms with Gasteiger partial charge in [-0.1, -0.05) is 18.9 Å². The lowest BCUT2D eigenvalue weighted by atomic mass is 9.74. The summed E-state index contributed by atoms with van der Waals surface area (Å²) in [6.07, 6.45) is 4.02. The second kappa shape index (κ2) is 8.42. The number of benzene rings is 1. The zero-order valence-electron chi connectivity index (χ0n) is 15.7. The Morgan fingerprint density at radius 2 is 1.97 bits per heavy atom. The Hall–Kier alpha value is -2.59. The summed E-state index contributed by atoms with van der Waals surface area (Å²) in [7, 11) is -2.76. The van der Waals surface area contributed by atoms with Gasteiger partial charge in [-0.2, -0.15) is 4.39 Å². The van der Waals surface area contributed by atoms with Crippen molar-refractivity contribution in [3.8, 4) is 5.75 Å². The Balaban J connectivity index is 1.89. The number of ether oxygens (including phenoxy) is 1. The van der Waals surface area contributed by atoms with Crippen molar-refractivity contribution >= 4 is 21.6 Å². The molecule has 1 aliphatic rings. The molecule has 156 valence electrons. The lowest BCUT2D eigenvalue weighted by Crippen LogP contribution is -2.31. The molecule has 2 unspecified atom stereocenters. The number of carbonyl (C=O) groups is 1. The molecule has 3 rings (SSSR count). The molecule has 7 nitrogen and oxygen atoms in total. The molecule has 1 aromatic carbocycles. The third kappa shape index (κ3) is 4.54. The zero-order chi connectivity index (χ0) is 21.2. The number of rotatable bonds is 5. The van der Waals surface area contributed by atoms with Gasteiger partial charge in [0.25, 0.3) is 10.0 Å². The molecule has 3 N–H and O–H groups in total. The van der Waals surface area contributed by atoms with Gasteiger partial charge < -0.3 is 10.1 Å². The Morgan fingerprint density at radius 1 is 1.24 bits per heavy atom. The summed E-state index contributed by atoms with van der Waals surface area (Å²) in [5, 5.41) is 7.39. The number of halogens is 2. The summed E-state index contributed by atoms with van der Waals surface area (Å²) in [5.74, 6) is -3.54. The molecule has 29 heavy (non-hydrogen) atoms. The van der Waals surface area contributed by atoms with Crippen molar-refractivity contribution < 1.29 is 26.7 Å². The predicted octanol–water partition coefficient (Wildman–Crippen LogP) is 2.93. The first-order valence-corrected chi connectivity index (χ1v) is 10.6. The van der Waals surface area contributed by atoms with Crippen LogP contribution in [0.4, 0.5) is 14.5 Å². The van der Waals surface area contributed by atoms with Crippen molar-refractivity contribution in [1.82, 2.24) is 4.98 Å². The average Bonchev–Trinajstić information content (AvgIpc) is 2.69. The van der Waals surface area contributed by atoms with Crippen molar-refractivity contribution in [2.45, 2.75) is 36.6 Å². The molecule has 1 heterocycles. The number of anilines is 1. The maximum atomic E-state index is 14.2. The number of nitrogens with one attached hydrogen (secondary N) is 1. The number of methoxy groups -OCH3 is 1. The highest BCUT2D eigenvalue weighted by Crippen LogP contribution is 2.43. The number of hydrogen-bond acceptors (Lipinski definition) is 5. The Kier molecular flexibility index (Phi) is 6.13. The van der Waals surface area contributed by atoms with Crippen LogP contribution in [0.1, 0.15) is 37.2 Å². The molecular formula is C19H21F2N3O4S. The number of hydrogen-bond donors (Lipinski definition) is 2. The summed E-state index contributed by atoms with van der Waals surface area (Å²) in [4.78, 5) is 16.6. The summed E-state index contributed by atoms with van der Waals surface area (Å²) >= 11 is 0. The summed E-state index contributed by atoms with van der Waals surface area (Å²) in [5.41, 5.74) is 0.668. The highest BCUT2D eigenvalue weighted by atomic mass is 32.2. The monoisotopic (exact) mass is 425 g/mol. The van der Waals surface area contributed by atoms with Crippen LogP contribution in [0.2, 0.25) is 0 Å². The first kappa shape index (κ1) is 21.1. The van der Waals surface area contributed by atoms with E-state index in [1.165, 1.54) is 31.5 Å². The highest BCUT2D eigenvalue weighted by Gasteiger charge is 2.35. The smallest absolute Gasteiger partial charge is 0.255 e. The van der Waals surface area contributed by atoms with Gasteiger partial charge in [-0.3, -0.25) is 4.79 Å². The topological polar surface area (TPSA) is 111 Å². The number of carbonyl (C=O) groups excluding carboxylic acids is 1. The van der Waals surface area contributed by atoms with Crippen LogP contribution in [-0.2, 0) is 14.8 Å². The van der Waals surface area contributed by atoms with Crippen LogP contribution in [-0.4, -0.2) is 26.4 Å². The van der Waals surface area contributed by atoms with Gasteiger partial charge in [0.05, 0.1) is 7.11 Å². The fourth-order valence-electron chi connectivity index (χ4n) is 3.74. The van der Waals surface area contributed by atoms with Crippen molar-refractivity contribution in [1.29, 1.82) is 0 Å². The standard InChI is InChI=1S/C19H21F2N3O4S/c1-28-18-13(6-7-15(20)17(18)21)12-4-2-3-5-14(12)19(25)24-11-8-9-23-16(10-11)29(22,26)27/h6-10,12,14H,2-5H2,1H3,(H2,22,26,27)(H,23,24,25). The van der Waals surface area contributed by atoms with Gasteiger partial charge in [0, 0.05) is 29.4 Å². The second-order valence-electron chi connectivity index (χ2n) is 6.90. The fraction of sp³-hybridized carbons (Fsp3) is 0.368. The van der Waals surface area contributed by atoms with E-state index in [4.69, 9.17) is 9.88 Å². The number of pyridine rings is 1. The van der Waals surface area contributed by atoms with Crippen molar-refractivity contribution in [2.24, 2.45) is 11.1 Å². The highest BCUT2D eigenvalue weighted by molar-refractivity contribution is 7.89. The van der Waals surface area contributed by atoms with Crippen molar-refractivity contribution in [3.63, 3.8) is 0 Å². The van der Waals surface area contributed by atoms with E-state index in [1.807, 2.05) is 0 Å². The molecule has 0 spiro atoms. The van der Waals surface area contributed by atoms with Gasteiger partial charge in [-0.25, -0.2) is 22.9 Å². The molecule has 1 aromatic heterocycles. The van der Waals surface area contributed by atoms with E-state index in [1.54, 1.807) is 0 Å². The molecule has 10 heteroatoms. The lowest BCUT2D eigenvalue weighted by molar-refractivity contribution is -0.121. The van der Waals surface area contributed by atoms with Crippen molar-refractivity contribution in [3.05, 3.63) is 47.7 Å². The lowest BCUT2D eigenvalue weighted by Gasteiger charge is -2.32. The van der Waals surface area contributed by atoms with Gasteiger partial charge in [-0.15, -0.1) is 0 Å². The first-order valence-electron chi connectivity index (χ1n) is 9.04. The van der Waals surface area contributed by atoms with Crippen LogP contribution in [0.25, 0.3) is 0 Å². The SMILES string of the molecule is COc1c(C2CCCCC2C(=O)Nc2ccnc(S(N)(=O)=O)c2)ccc(F)c1F. The Labute approximate surface area is 167 Å². The predicted molar refractivity (Wildman–Crippen MR) is 102 cm³/mol. The Morgan fingerprint density at radius 3 is 2.66 bits per heavy atom. The van der Waals surface area contributed by atoms with Crippen molar-refractivity contribution in [2.75, 3.05) is 12.4 Å². The van der Waals surface area contributed by atoms with E-state index in [0.29, 0.717) is 18.4 Å². The number of nitrogens with two attached hydrogens (primary N) is 1. The minimum atomic E-state index is -4.01. The van der Waals surface area contributed by atoms with Gasteiger partial charge in [0.2, 0.25) is 11.7 Å². The zero-order valence-corrected chi connectivity index (χ0v) is 16.5. The Bertz CT molecular complexity index is 1030. The first-order chi connectivity index (χ1) is 13.7. The average molecular weight is 425 g/mol. The van der Waals surface area contributed by atoms with Gasteiger partial charge in [0.15, 0.2) is 16.6 Å². The minimum Gasteiger partial charge on any atom is -0.493 e. The number of amides is 1. The largest absolute Gasteiger partial charge is 0.493 e. The van der Waals surface area contributed by atoms with E-state index in [-0.39, 0.29) is 28.3 Å². The molecule has 1 fully saturated rings. The van der Waals surface area contributed by atoms with Crippen LogP contribution in [0, 0.1) is 17.6 Å². The van der Waals surface area contributed by atoms with E-state index in [9.17, 15) is 22.0 Å². The molecule has 2 aromatic rings. The molecule has 0 aliphatic heterocycles. The van der Waals surface area contributed by atoms with Crippen LogP contribution < -0.4 is 15.2 Å². The van der Waals surface area contributed by atoms with E-state index < -0.39 is 27.6 Å². The normalized spacial score (nSPS) is 19.6. The third-order valence-corrected chi connectivity index (χ3v) is 5.89. The third-order valence-electron chi connectivity index (χ3n) is 5.08. The van der Waals surface area contributed by atoms with E-state index in [2.05, 4.69) is 10.3 Å². The molecule has 1 aliphatic carbocycles. The maximum Gasteiger partial charge on any atom is 0.255 e. The van der Waals surface area contributed by atoms with Crippen LogP contribution >= 0.6 is 0 Å². The molecule has 0 bridgehead atoms. The minimum absolute atomic E-state index is 0.199. The number of primary sulfonamides is 1. The number of nitrogens with zero attached hydrogens (tertiary/aromatic N) is 1. The molecule has 1 amide bonds. The van der Waals surface area contributed by atoms with E-state index in [0.717, 1.165) is 18.9 Å². The summed E-state index contributed by atoms with van der Waals surface area (Å²) < 4.78 is 55.8. The number of sulfonamides is 1. The molecule has 2 atom stereocenters. The molecule has 0 radical (unpaired) electrons. The summed E-state index contributed by atoms with van der Waals surface area (Å²) in [6, 6.07) is 5.09. The van der Waals surface area contributed by atoms with E-state index >= 15 is 0 Å². The quantitative estimate of drug-likeness (QED) is 0.765. The van der Waals surface area contributed by atoms with Crippen LogP contribution in [0.3, 0.4) is 0 Å².